The molecule has 0 spiro atoms. The van der Waals surface area contributed by atoms with Crippen LogP contribution >= 0.6 is 0 Å². The summed E-state index contributed by atoms with van der Waals surface area (Å²) < 4.78 is 12.2. The van der Waals surface area contributed by atoms with Crippen molar-refractivity contribution in [2.75, 3.05) is 33.9 Å². The Hall–Kier alpha value is -2.33. The van der Waals surface area contributed by atoms with Gasteiger partial charge in [0.2, 0.25) is 0 Å². The molecule has 2 aromatic rings. The van der Waals surface area contributed by atoms with Crippen molar-refractivity contribution in [3.05, 3.63) is 65.7 Å². The Balaban J connectivity index is 1.58. The highest BCUT2D eigenvalue weighted by molar-refractivity contribution is 5.72. The van der Waals surface area contributed by atoms with Crippen LogP contribution in [-0.2, 0) is 22.5 Å². The first-order valence-corrected chi connectivity index (χ1v) is 15.2. The molecule has 0 aliphatic carbocycles. The minimum Gasteiger partial charge on any atom is -0.490 e. The number of ether oxygens (including phenoxy) is 2. The summed E-state index contributed by atoms with van der Waals surface area (Å²) in [5.74, 6) is 0.599. The molecule has 1 atom stereocenters. The number of benzene rings is 2. The van der Waals surface area contributed by atoms with Crippen molar-refractivity contribution in [1.82, 2.24) is 0 Å². The number of nitrogens with zero attached hydrogens (tertiary/aromatic N) is 1. The predicted molar refractivity (Wildman–Crippen MR) is 159 cm³/mol. The fourth-order valence-corrected chi connectivity index (χ4v) is 5.10. The average Bonchev–Trinajstić information content (AvgIpc) is 2.91. The summed E-state index contributed by atoms with van der Waals surface area (Å²) in [5.41, 5.74) is 2.65. The maximum Gasteiger partial charge on any atom is 0.314 e. The average molecular weight is 525 g/mol. The fraction of sp³-hybridized carbons (Fsp3) is 0.618. The molecule has 0 heterocycles. The minimum absolute atomic E-state index is 0.112. The first-order chi connectivity index (χ1) is 18.4. The van der Waals surface area contributed by atoms with Gasteiger partial charge in [0.05, 0.1) is 20.6 Å². The van der Waals surface area contributed by atoms with Crippen LogP contribution in [0.1, 0.15) is 95.6 Å². The lowest BCUT2D eigenvalue weighted by atomic mass is 10.0. The van der Waals surface area contributed by atoms with Crippen molar-refractivity contribution in [1.29, 1.82) is 0 Å². The third-order valence-corrected chi connectivity index (χ3v) is 7.33. The van der Waals surface area contributed by atoms with Crippen LogP contribution < -0.4 is 4.74 Å². The Morgan fingerprint density at radius 1 is 0.737 bits per heavy atom. The smallest absolute Gasteiger partial charge is 0.314 e. The van der Waals surface area contributed by atoms with Gasteiger partial charge in [-0.05, 0) is 37.0 Å². The molecule has 4 nitrogen and oxygen atoms in total. The van der Waals surface area contributed by atoms with Crippen LogP contribution in [0.3, 0.4) is 0 Å². The molecule has 212 valence electrons. The molecule has 38 heavy (non-hydrogen) atoms. The maximum atomic E-state index is 12.7. The van der Waals surface area contributed by atoms with Crippen LogP contribution in [0.25, 0.3) is 0 Å². The van der Waals surface area contributed by atoms with Crippen molar-refractivity contribution >= 4 is 5.97 Å². The highest BCUT2D eigenvalue weighted by Gasteiger charge is 2.28. The second-order valence-electron chi connectivity index (χ2n) is 11.5. The zero-order valence-corrected chi connectivity index (χ0v) is 24.8. The normalized spacial score (nSPS) is 12.3. The summed E-state index contributed by atoms with van der Waals surface area (Å²) >= 11 is 0. The largest absolute Gasteiger partial charge is 0.490 e. The zero-order chi connectivity index (χ0) is 27.5. The summed E-state index contributed by atoms with van der Waals surface area (Å²) in [4.78, 5) is 12.7. The van der Waals surface area contributed by atoms with Gasteiger partial charge in [0, 0.05) is 5.56 Å². The van der Waals surface area contributed by atoms with E-state index in [1.807, 2.05) is 18.2 Å². The molecule has 0 amide bonds. The van der Waals surface area contributed by atoms with Crippen molar-refractivity contribution in [3.63, 3.8) is 0 Å². The van der Waals surface area contributed by atoms with E-state index in [0.29, 0.717) is 6.61 Å². The Kier molecular flexibility index (Phi) is 15.8. The quantitative estimate of drug-likeness (QED) is 0.0934. The molecule has 2 rings (SSSR count). The molecule has 0 saturated heterocycles. The molecule has 0 N–H and O–H groups in total. The second kappa shape index (κ2) is 18.8. The van der Waals surface area contributed by atoms with Crippen LogP contribution in [-0.4, -0.2) is 44.3 Å². The lowest BCUT2D eigenvalue weighted by molar-refractivity contribution is -0.906. The molecule has 0 aliphatic rings. The number of rotatable bonds is 21. The van der Waals surface area contributed by atoms with E-state index in [4.69, 9.17) is 9.47 Å². The van der Waals surface area contributed by atoms with E-state index in [1.54, 1.807) is 0 Å². The van der Waals surface area contributed by atoms with Gasteiger partial charge in [-0.15, -0.1) is 0 Å². The van der Waals surface area contributed by atoms with Gasteiger partial charge < -0.3 is 14.0 Å². The number of carbonyl (C=O) groups is 1. The molecule has 0 fully saturated rings. The Labute approximate surface area is 233 Å². The van der Waals surface area contributed by atoms with E-state index in [0.717, 1.165) is 36.2 Å². The number of carbonyl (C=O) groups excluding carboxylic acids is 1. The summed E-state index contributed by atoms with van der Waals surface area (Å²) in [6.07, 6.45) is 15.6. The lowest BCUT2D eigenvalue weighted by Crippen LogP contribution is -2.44. The van der Waals surface area contributed by atoms with Gasteiger partial charge in [0.25, 0.3) is 0 Å². The first kappa shape index (κ1) is 31.9. The molecule has 0 aromatic heterocycles. The van der Waals surface area contributed by atoms with Gasteiger partial charge in [-0.1, -0.05) is 114 Å². The van der Waals surface area contributed by atoms with Gasteiger partial charge in [-0.25, -0.2) is 0 Å². The van der Waals surface area contributed by atoms with E-state index in [-0.39, 0.29) is 18.5 Å². The van der Waals surface area contributed by atoms with Crippen molar-refractivity contribution < 1.29 is 18.8 Å². The number of unbranched alkanes of at least 4 members (excludes halogenated alkanes) is 9. The van der Waals surface area contributed by atoms with Gasteiger partial charge in [-0.3, -0.25) is 4.79 Å². The monoisotopic (exact) mass is 524 g/mol. The van der Waals surface area contributed by atoms with Crippen LogP contribution in [0.4, 0.5) is 0 Å². The summed E-state index contributed by atoms with van der Waals surface area (Å²) in [6, 6.07) is 18.8. The summed E-state index contributed by atoms with van der Waals surface area (Å²) in [5, 5.41) is 0. The predicted octanol–water partition coefficient (Wildman–Crippen LogP) is 8.37. The molecule has 0 saturated carbocycles. The number of esters is 1. The molecule has 4 heteroatoms. The number of hydrogen-bond donors (Lipinski definition) is 0. The fourth-order valence-electron chi connectivity index (χ4n) is 5.10. The third kappa shape index (κ3) is 14.0. The van der Waals surface area contributed by atoms with Gasteiger partial charge in [-0.2, -0.15) is 0 Å². The van der Waals surface area contributed by atoms with E-state index >= 15 is 0 Å². The minimum atomic E-state index is -0.123. The molecule has 0 bridgehead atoms. The maximum absolute atomic E-state index is 12.7. The molecule has 1 unspecified atom stereocenters. The van der Waals surface area contributed by atoms with Crippen molar-refractivity contribution in [2.45, 2.75) is 97.4 Å². The Bertz CT molecular complexity index is 863. The molecule has 0 radical (unpaired) electrons. The topological polar surface area (TPSA) is 35.5 Å². The van der Waals surface area contributed by atoms with Crippen LogP contribution in [0.2, 0.25) is 0 Å². The molecule has 2 aromatic carbocycles. The number of hydrogen-bond acceptors (Lipinski definition) is 3. The van der Waals surface area contributed by atoms with E-state index in [1.165, 1.54) is 75.3 Å². The zero-order valence-electron chi connectivity index (χ0n) is 24.8. The number of aryl methyl sites for hydroxylation is 1. The molecule has 0 aliphatic heterocycles. The van der Waals surface area contributed by atoms with E-state index in [2.05, 4.69) is 64.3 Å². The summed E-state index contributed by atoms with van der Waals surface area (Å²) in [7, 11) is 4.35. The SMILES string of the molecule is CCCCCCCCCCCCc1ccc(OCCOC(=O)C(CC)C[N+](C)(C)Cc2ccccc2)cc1. The Morgan fingerprint density at radius 2 is 1.34 bits per heavy atom. The van der Waals surface area contributed by atoms with Gasteiger partial charge >= 0.3 is 5.97 Å². The lowest BCUT2D eigenvalue weighted by Gasteiger charge is -2.32. The van der Waals surface area contributed by atoms with Gasteiger partial charge in [0.1, 0.15) is 31.4 Å². The van der Waals surface area contributed by atoms with Crippen LogP contribution in [0, 0.1) is 5.92 Å². The van der Waals surface area contributed by atoms with Crippen molar-refractivity contribution in [3.8, 4) is 5.75 Å². The second-order valence-corrected chi connectivity index (χ2v) is 11.5. The third-order valence-electron chi connectivity index (χ3n) is 7.33. The first-order valence-electron chi connectivity index (χ1n) is 15.2. The van der Waals surface area contributed by atoms with Crippen LogP contribution in [0.15, 0.2) is 54.6 Å². The molecular weight excluding hydrogens is 470 g/mol. The van der Waals surface area contributed by atoms with Crippen molar-refractivity contribution in [2.24, 2.45) is 5.92 Å². The number of quaternary nitrogens is 1. The van der Waals surface area contributed by atoms with Gasteiger partial charge in [0.15, 0.2) is 0 Å². The Morgan fingerprint density at radius 3 is 1.95 bits per heavy atom. The summed E-state index contributed by atoms with van der Waals surface area (Å²) in [6.45, 7) is 6.64. The van der Waals surface area contributed by atoms with Crippen LogP contribution in [0.5, 0.6) is 5.75 Å². The standard InChI is InChI=1S/C34H54NO3/c1-5-7-8-9-10-11-12-13-14-16-19-30-22-24-33(25-23-30)37-26-27-38-34(36)32(6-2)29-35(3,4)28-31-20-17-15-18-21-31/h15,17-18,20-25,32H,5-14,16,19,26-29H2,1-4H3/q+1. The molecular formula is C34H54NO3+. The van der Waals surface area contributed by atoms with E-state index < -0.39 is 0 Å². The highest BCUT2D eigenvalue weighted by atomic mass is 16.6. The van der Waals surface area contributed by atoms with E-state index in [9.17, 15) is 4.79 Å². The highest BCUT2D eigenvalue weighted by Crippen LogP contribution is 2.18.